The van der Waals surface area contributed by atoms with E-state index in [0.717, 1.165) is 32.1 Å². The van der Waals surface area contributed by atoms with E-state index >= 15 is 0 Å². The molecule has 182 valence electrons. The Morgan fingerprint density at radius 2 is 1.84 bits per heavy atom. The molecule has 1 saturated heterocycles. The van der Waals surface area contributed by atoms with Gasteiger partial charge in [-0.15, -0.1) is 0 Å². The molecule has 2 rings (SSSR count). The number of ketones is 1. The third kappa shape index (κ3) is 6.46. The number of hydrogen-bond donors (Lipinski definition) is 2. The highest BCUT2D eigenvalue weighted by molar-refractivity contribution is 5.97. The Morgan fingerprint density at radius 1 is 1.16 bits per heavy atom. The first-order valence-corrected chi connectivity index (χ1v) is 11.8. The van der Waals surface area contributed by atoms with Crippen LogP contribution in [-0.2, 0) is 19.0 Å². The standard InChI is InChI=1S/C26H42O6/c1-16(9-8-10-17(2)15-20-13-12-18(3)26(5,29)32-20)11-14-21-19(4)22(27)24(30-6)25(31-7)23(21)28/h10-11,18-21,23,28-29H,8-9,12-15H2,1-7H3. The molecule has 1 fully saturated rings. The van der Waals surface area contributed by atoms with Crippen molar-refractivity contribution in [1.82, 2.24) is 0 Å². The molecule has 0 aromatic rings. The lowest BCUT2D eigenvalue weighted by molar-refractivity contribution is -0.267. The number of hydrogen-bond acceptors (Lipinski definition) is 6. The Morgan fingerprint density at radius 3 is 2.44 bits per heavy atom. The number of ether oxygens (including phenoxy) is 3. The highest BCUT2D eigenvalue weighted by atomic mass is 16.6. The lowest BCUT2D eigenvalue weighted by Crippen LogP contribution is -2.44. The van der Waals surface area contributed by atoms with Crippen molar-refractivity contribution in [3.63, 3.8) is 0 Å². The molecule has 0 aromatic carbocycles. The molecule has 0 spiro atoms. The minimum atomic E-state index is -1.04. The Bertz CT molecular complexity index is 747. The van der Waals surface area contributed by atoms with Crippen LogP contribution >= 0.6 is 0 Å². The topological polar surface area (TPSA) is 85.2 Å². The Labute approximate surface area is 193 Å². The van der Waals surface area contributed by atoms with Crippen LogP contribution in [-0.4, -0.2) is 48.2 Å². The van der Waals surface area contributed by atoms with Crippen LogP contribution in [0.25, 0.3) is 0 Å². The second-order valence-corrected chi connectivity index (χ2v) is 9.72. The van der Waals surface area contributed by atoms with E-state index in [9.17, 15) is 15.0 Å². The summed E-state index contributed by atoms with van der Waals surface area (Å²) >= 11 is 0. The highest BCUT2D eigenvalue weighted by Gasteiger charge is 2.42. The summed E-state index contributed by atoms with van der Waals surface area (Å²) in [6.45, 7) is 9.83. The van der Waals surface area contributed by atoms with E-state index in [1.165, 1.54) is 25.4 Å². The minimum Gasteiger partial charge on any atom is -0.494 e. The van der Waals surface area contributed by atoms with Crippen LogP contribution in [0.4, 0.5) is 0 Å². The van der Waals surface area contributed by atoms with Crippen molar-refractivity contribution in [2.24, 2.45) is 17.8 Å². The van der Waals surface area contributed by atoms with E-state index in [1.54, 1.807) is 6.92 Å². The summed E-state index contributed by atoms with van der Waals surface area (Å²) in [5.41, 5.74) is 2.50. The number of Topliss-reactive ketones (excluding diaryl/α,β-unsaturated/α-hetero) is 1. The second-order valence-electron chi connectivity index (χ2n) is 9.72. The molecule has 0 aromatic heterocycles. The third-order valence-electron chi connectivity index (χ3n) is 7.16. The summed E-state index contributed by atoms with van der Waals surface area (Å²) in [6, 6.07) is 0. The molecular weight excluding hydrogens is 408 g/mol. The van der Waals surface area contributed by atoms with E-state index in [1.807, 2.05) is 13.8 Å². The molecule has 0 saturated carbocycles. The molecule has 0 amide bonds. The summed E-state index contributed by atoms with van der Waals surface area (Å²) in [4.78, 5) is 12.6. The van der Waals surface area contributed by atoms with Crippen molar-refractivity contribution >= 4 is 5.78 Å². The monoisotopic (exact) mass is 450 g/mol. The van der Waals surface area contributed by atoms with Crippen LogP contribution in [0.5, 0.6) is 0 Å². The summed E-state index contributed by atoms with van der Waals surface area (Å²) in [5.74, 6) is -1.21. The van der Waals surface area contributed by atoms with E-state index < -0.39 is 11.9 Å². The molecule has 6 heteroatoms. The number of allylic oxidation sites excluding steroid dienone is 4. The first-order valence-electron chi connectivity index (χ1n) is 11.8. The summed E-state index contributed by atoms with van der Waals surface area (Å²) in [6.07, 6.45) is 8.82. The Kier molecular flexibility index (Phi) is 9.55. The molecule has 2 aliphatic rings. The maximum absolute atomic E-state index is 12.6. The molecule has 6 nitrogen and oxygen atoms in total. The lowest BCUT2D eigenvalue weighted by Gasteiger charge is -2.39. The van der Waals surface area contributed by atoms with Crippen molar-refractivity contribution in [3.05, 3.63) is 34.8 Å². The Balaban J connectivity index is 1.88. The molecule has 32 heavy (non-hydrogen) atoms. The Hall–Kier alpha value is -1.63. The number of rotatable bonds is 9. The van der Waals surface area contributed by atoms with Gasteiger partial charge in [0.2, 0.25) is 11.5 Å². The van der Waals surface area contributed by atoms with Crippen molar-refractivity contribution in [2.45, 2.75) is 91.1 Å². The smallest absolute Gasteiger partial charge is 0.204 e. The number of methoxy groups -OCH3 is 2. The molecule has 0 radical (unpaired) electrons. The van der Waals surface area contributed by atoms with Gasteiger partial charge in [0.1, 0.15) is 6.10 Å². The first kappa shape index (κ1) is 26.6. The molecular formula is C26H42O6. The van der Waals surface area contributed by atoms with Crippen molar-refractivity contribution < 1.29 is 29.2 Å². The molecule has 0 bridgehead atoms. The van der Waals surface area contributed by atoms with Gasteiger partial charge < -0.3 is 24.4 Å². The molecule has 1 heterocycles. The third-order valence-corrected chi connectivity index (χ3v) is 7.16. The van der Waals surface area contributed by atoms with Gasteiger partial charge in [-0.2, -0.15) is 0 Å². The minimum absolute atomic E-state index is 0.0703. The molecule has 6 unspecified atom stereocenters. The quantitative estimate of drug-likeness (QED) is 0.497. The fourth-order valence-corrected chi connectivity index (χ4v) is 4.66. The van der Waals surface area contributed by atoms with Crippen LogP contribution in [0.3, 0.4) is 0 Å². The van der Waals surface area contributed by atoms with Gasteiger partial charge in [-0.3, -0.25) is 4.79 Å². The number of carbonyl (C=O) groups excluding carboxylic acids is 1. The van der Waals surface area contributed by atoms with Crippen LogP contribution < -0.4 is 0 Å². The van der Waals surface area contributed by atoms with Gasteiger partial charge in [0.15, 0.2) is 11.5 Å². The maximum Gasteiger partial charge on any atom is 0.204 e. The van der Waals surface area contributed by atoms with E-state index in [-0.39, 0.29) is 41.2 Å². The van der Waals surface area contributed by atoms with Gasteiger partial charge in [-0.1, -0.05) is 37.1 Å². The first-order chi connectivity index (χ1) is 15.0. The number of aliphatic hydroxyl groups is 2. The largest absolute Gasteiger partial charge is 0.494 e. The molecule has 6 atom stereocenters. The zero-order valence-electron chi connectivity index (χ0n) is 20.8. The van der Waals surface area contributed by atoms with Gasteiger partial charge in [0.25, 0.3) is 0 Å². The summed E-state index contributed by atoms with van der Waals surface area (Å²) in [7, 11) is 2.88. The predicted octanol–water partition coefficient (Wildman–Crippen LogP) is 4.66. The van der Waals surface area contributed by atoms with Crippen LogP contribution in [0.2, 0.25) is 0 Å². The summed E-state index contributed by atoms with van der Waals surface area (Å²) < 4.78 is 16.3. The lowest BCUT2D eigenvalue weighted by atomic mass is 9.77. The predicted molar refractivity (Wildman–Crippen MR) is 125 cm³/mol. The van der Waals surface area contributed by atoms with Crippen LogP contribution in [0, 0.1) is 17.8 Å². The normalized spacial score (nSPS) is 34.7. The fourth-order valence-electron chi connectivity index (χ4n) is 4.66. The van der Waals surface area contributed by atoms with Crippen LogP contribution in [0.1, 0.15) is 73.1 Å². The van der Waals surface area contributed by atoms with Gasteiger partial charge >= 0.3 is 0 Å². The van der Waals surface area contributed by atoms with Crippen LogP contribution in [0.15, 0.2) is 34.8 Å². The van der Waals surface area contributed by atoms with Crippen molar-refractivity contribution in [3.8, 4) is 0 Å². The second kappa shape index (κ2) is 11.5. The highest BCUT2D eigenvalue weighted by Crippen LogP contribution is 2.36. The summed E-state index contributed by atoms with van der Waals surface area (Å²) in [5, 5.41) is 21.1. The van der Waals surface area contributed by atoms with Gasteiger partial charge in [0, 0.05) is 17.8 Å². The van der Waals surface area contributed by atoms with Crippen molar-refractivity contribution in [2.75, 3.05) is 14.2 Å². The molecule has 1 aliphatic carbocycles. The van der Waals surface area contributed by atoms with Gasteiger partial charge in [-0.05, 0) is 59.3 Å². The molecule has 1 aliphatic heterocycles. The van der Waals surface area contributed by atoms with E-state index in [4.69, 9.17) is 14.2 Å². The average molecular weight is 451 g/mol. The zero-order chi connectivity index (χ0) is 24.1. The van der Waals surface area contributed by atoms with Gasteiger partial charge in [0.05, 0.1) is 20.3 Å². The van der Waals surface area contributed by atoms with Crippen molar-refractivity contribution in [1.29, 1.82) is 0 Å². The maximum atomic E-state index is 12.6. The van der Waals surface area contributed by atoms with Gasteiger partial charge in [-0.25, -0.2) is 0 Å². The average Bonchev–Trinajstić information content (AvgIpc) is 2.72. The molecule has 2 N–H and O–H groups in total. The number of aliphatic hydroxyl groups excluding tert-OH is 1. The SMILES string of the molecule is COC1=C(OC)C(O)C(CC=C(C)CCC=C(C)CC2CCC(C)C(C)(O)O2)C(C)C1=O. The zero-order valence-corrected chi connectivity index (χ0v) is 20.8. The number of carbonyl (C=O) groups is 1. The van der Waals surface area contributed by atoms with E-state index in [0.29, 0.717) is 6.42 Å². The van der Waals surface area contributed by atoms with E-state index in [2.05, 4.69) is 26.0 Å². The fraction of sp³-hybridized carbons (Fsp3) is 0.731.